The van der Waals surface area contributed by atoms with Crippen LogP contribution in [0, 0.1) is 0 Å². The van der Waals surface area contributed by atoms with Crippen molar-refractivity contribution in [3.8, 4) is 11.5 Å². The summed E-state index contributed by atoms with van der Waals surface area (Å²) in [6.45, 7) is 0.520. The fourth-order valence-corrected chi connectivity index (χ4v) is 4.78. The van der Waals surface area contributed by atoms with Crippen LogP contribution in [-0.2, 0) is 24.1 Å². The molecule has 2 aromatic carbocycles. The van der Waals surface area contributed by atoms with Crippen LogP contribution in [0.25, 0.3) is 10.2 Å². The molecule has 2 aromatic heterocycles. The minimum atomic E-state index is -0.0882. The minimum Gasteiger partial charge on any atom is -0.493 e. The summed E-state index contributed by atoms with van der Waals surface area (Å²) in [5.74, 6) is 2.03. The SMILES string of the molecule is COc1ccc(CCNC(=O)CSc2nnc(CCc3nc4ccccc4s3)o2)cc1OC. The van der Waals surface area contributed by atoms with Gasteiger partial charge in [-0.3, -0.25) is 4.79 Å². The fourth-order valence-electron chi connectivity index (χ4n) is 3.20. The van der Waals surface area contributed by atoms with Crippen LogP contribution < -0.4 is 14.8 Å². The zero-order chi connectivity index (χ0) is 23.0. The highest BCUT2D eigenvalue weighted by molar-refractivity contribution is 7.99. The number of nitrogens with zero attached hydrogens (tertiary/aromatic N) is 3. The van der Waals surface area contributed by atoms with Gasteiger partial charge in [-0.2, -0.15) is 0 Å². The smallest absolute Gasteiger partial charge is 0.277 e. The van der Waals surface area contributed by atoms with Gasteiger partial charge < -0.3 is 19.2 Å². The number of amides is 1. The van der Waals surface area contributed by atoms with E-state index in [2.05, 4.69) is 26.6 Å². The molecule has 0 radical (unpaired) electrons. The molecule has 0 bridgehead atoms. The second-order valence-electron chi connectivity index (χ2n) is 7.12. The van der Waals surface area contributed by atoms with Gasteiger partial charge in [0.1, 0.15) is 0 Å². The molecule has 1 N–H and O–H groups in total. The van der Waals surface area contributed by atoms with E-state index in [1.54, 1.807) is 25.6 Å². The number of para-hydroxylation sites is 1. The van der Waals surface area contributed by atoms with Gasteiger partial charge >= 0.3 is 0 Å². The number of hydrogen-bond donors (Lipinski definition) is 1. The third kappa shape index (κ3) is 6.23. The summed E-state index contributed by atoms with van der Waals surface area (Å²) in [5, 5.41) is 12.4. The first-order valence-electron chi connectivity index (χ1n) is 10.4. The monoisotopic (exact) mass is 484 g/mol. The van der Waals surface area contributed by atoms with E-state index in [0.29, 0.717) is 42.0 Å². The van der Waals surface area contributed by atoms with Crippen LogP contribution in [0.5, 0.6) is 11.5 Å². The number of rotatable bonds is 11. The number of carbonyl (C=O) groups is 1. The minimum absolute atomic E-state index is 0.0882. The highest BCUT2D eigenvalue weighted by atomic mass is 32.2. The van der Waals surface area contributed by atoms with E-state index in [9.17, 15) is 4.79 Å². The van der Waals surface area contributed by atoms with E-state index >= 15 is 0 Å². The average Bonchev–Trinajstić information content (AvgIpc) is 3.47. The largest absolute Gasteiger partial charge is 0.493 e. The molecule has 0 atom stereocenters. The van der Waals surface area contributed by atoms with Gasteiger partial charge in [0.2, 0.25) is 11.8 Å². The Kier molecular flexibility index (Phi) is 7.79. The average molecular weight is 485 g/mol. The Balaban J connectivity index is 1.18. The van der Waals surface area contributed by atoms with E-state index in [-0.39, 0.29) is 11.7 Å². The molecule has 4 aromatic rings. The van der Waals surface area contributed by atoms with Gasteiger partial charge in [-0.15, -0.1) is 21.5 Å². The van der Waals surface area contributed by atoms with Crippen LogP contribution in [0.3, 0.4) is 0 Å². The van der Waals surface area contributed by atoms with Gasteiger partial charge in [0, 0.05) is 19.4 Å². The zero-order valence-corrected chi connectivity index (χ0v) is 20.0. The number of thiazole rings is 1. The van der Waals surface area contributed by atoms with Crippen LogP contribution in [-0.4, -0.2) is 47.6 Å². The molecular weight excluding hydrogens is 460 g/mol. The molecule has 0 aliphatic rings. The lowest BCUT2D eigenvalue weighted by atomic mass is 10.1. The summed E-state index contributed by atoms with van der Waals surface area (Å²) in [7, 11) is 3.20. The number of methoxy groups -OCH3 is 2. The Labute approximate surface area is 199 Å². The normalized spacial score (nSPS) is 11.0. The van der Waals surface area contributed by atoms with Crippen LogP contribution in [0.15, 0.2) is 52.1 Å². The van der Waals surface area contributed by atoms with Crippen molar-refractivity contribution in [3.63, 3.8) is 0 Å². The van der Waals surface area contributed by atoms with Crippen LogP contribution in [0.4, 0.5) is 0 Å². The lowest BCUT2D eigenvalue weighted by Crippen LogP contribution is -2.27. The maximum absolute atomic E-state index is 12.2. The molecule has 0 saturated carbocycles. The number of ether oxygens (including phenoxy) is 2. The maximum Gasteiger partial charge on any atom is 0.277 e. The number of nitrogens with one attached hydrogen (secondary N) is 1. The van der Waals surface area contributed by atoms with Gasteiger partial charge in [-0.25, -0.2) is 4.98 Å². The summed E-state index contributed by atoms with van der Waals surface area (Å²) in [6, 6.07) is 13.8. The Bertz CT molecular complexity index is 1190. The fraction of sp³-hybridized carbons (Fsp3) is 0.304. The topological polar surface area (TPSA) is 99.4 Å². The lowest BCUT2D eigenvalue weighted by Gasteiger charge is -2.10. The van der Waals surface area contributed by atoms with Gasteiger partial charge in [0.25, 0.3) is 5.22 Å². The van der Waals surface area contributed by atoms with Gasteiger partial charge in [-0.05, 0) is 36.2 Å². The van der Waals surface area contributed by atoms with Crippen molar-refractivity contribution < 1.29 is 18.7 Å². The first kappa shape index (κ1) is 23.1. The summed E-state index contributed by atoms with van der Waals surface area (Å²) >= 11 is 2.91. The molecule has 10 heteroatoms. The molecule has 172 valence electrons. The third-order valence-corrected chi connectivity index (χ3v) is 6.76. The molecule has 0 saturated heterocycles. The maximum atomic E-state index is 12.2. The van der Waals surface area contributed by atoms with E-state index < -0.39 is 0 Å². The quantitative estimate of drug-likeness (QED) is 0.320. The molecule has 33 heavy (non-hydrogen) atoms. The van der Waals surface area contributed by atoms with E-state index in [0.717, 1.165) is 22.5 Å². The summed E-state index contributed by atoms with van der Waals surface area (Å²) in [6.07, 6.45) is 2.04. The molecule has 8 nitrogen and oxygen atoms in total. The van der Waals surface area contributed by atoms with Crippen molar-refractivity contribution in [3.05, 3.63) is 58.9 Å². The van der Waals surface area contributed by atoms with Crippen molar-refractivity contribution in [2.24, 2.45) is 0 Å². The van der Waals surface area contributed by atoms with Crippen LogP contribution >= 0.6 is 23.1 Å². The molecule has 0 unspecified atom stereocenters. The zero-order valence-electron chi connectivity index (χ0n) is 18.4. The first-order valence-corrected chi connectivity index (χ1v) is 12.2. The number of aryl methyl sites for hydroxylation is 2. The number of carbonyl (C=O) groups excluding carboxylic acids is 1. The molecule has 1 amide bonds. The van der Waals surface area contributed by atoms with Crippen molar-refractivity contribution >= 4 is 39.2 Å². The molecule has 0 spiro atoms. The molecular formula is C23H24N4O4S2. The van der Waals surface area contributed by atoms with E-state index in [1.165, 1.54) is 16.5 Å². The second kappa shape index (κ2) is 11.2. The Morgan fingerprint density at radius 2 is 1.91 bits per heavy atom. The second-order valence-corrected chi connectivity index (χ2v) is 9.16. The predicted octanol–water partition coefficient (Wildman–Crippen LogP) is 3.93. The van der Waals surface area contributed by atoms with Crippen molar-refractivity contribution in [1.82, 2.24) is 20.5 Å². The lowest BCUT2D eigenvalue weighted by molar-refractivity contribution is -0.118. The number of fused-ring (bicyclic) bond motifs is 1. The Hall–Kier alpha value is -3.11. The van der Waals surface area contributed by atoms with Crippen LogP contribution in [0.2, 0.25) is 0 Å². The number of aromatic nitrogens is 3. The van der Waals surface area contributed by atoms with Crippen molar-refractivity contribution in [1.29, 1.82) is 0 Å². The number of hydrogen-bond acceptors (Lipinski definition) is 9. The van der Waals surface area contributed by atoms with Gasteiger partial charge in [0.15, 0.2) is 11.5 Å². The standard InChI is InChI=1S/C23H24N4O4S2/c1-29-17-8-7-15(13-18(17)30-2)11-12-24-20(28)14-32-23-27-26-21(31-23)9-10-22-25-16-5-3-4-6-19(16)33-22/h3-8,13H,9-12,14H2,1-2H3,(H,24,28). The Morgan fingerprint density at radius 3 is 2.73 bits per heavy atom. The highest BCUT2D eigenvalue weighted by Crippen LogP contribution is 2.27. The van der Waals surface area contributed by atoms with Gasteiger partial charge in [0.05, 0.1) is 35.2 Å². The number of benzene rings is 2. The van der Waals surface area contributed by atoms with E-state index in [4.69, 9.17) is 13.9 Å². The molecule has 0 fully saturated rings. The molecule has 4 rings (SSSR count). The van der Waals surface area contributed by atoms with Crippen LogP contribution in [0.1, 0.15) is 16.5 Å². The third-order valence-electron chi connectivity index (χ3n) is 4.85. The highest BCUT2D eigenvalue weighted by Gasteiger charge is 2.12. The van der Waals surface area contributed by atoms with Gasteiger partial charge in [-0.1, -0.05) is 30.0 Å². The molecule has 0 aliphatic carbocycles. The summed E-state index contributed by atoms with van der Waals surface area (Å²) in [5.41, 5.74) is 2.06. The Morgan fingerprint density at radius 1 is 1.06 bits per heavy atom. The predicted molar refractivity (Wildman–Crippen MR) is 128 cm³/mol. The van der Waals surface area contributed by atoms with Crippen molar-refractivity contribution in [2.45, 2.75) is 24.5 Å². The summed E-state index contributed by atoms with van der Waals surface area (Å²) < 4.78 is 17.4. The van der Waals surface area contributed by atoms with Crippen molar-refractivity contribution in [2.75, 3.05) is 26.5 Å². The first-order chi connectivity index (χ1) is 16.1. The molecule has 2 heterocycles. The van der Waals surface area contributed by atoms with E-state index in [1.807, 2.05) is 36.4 Å². The molecule has 0 aliphatic heterocycles. The number of thioether (sulfide) groups is 1. The summed E-state index contributed by atoms with van der Waals surface area (Å²) in [4.78, 5) is 16.8.